The number of hydrogen-bond acceptors (Lipinski definition) is 3. The molecule has 0 saturated carbocycles. The predicted octanol–water partition coefficient (Wildman–Crippen LogP) is 2.74. The Morgan fingerprint density at radius 2 is 2.00 bits per heavy atom. The smallest absolute Gasteiger partial charge is 0.228 e. The van der Waals surface area contributed by atoms with E-state index in [1.165, 1.54) is 0 Å². The summed E-state index contributed by atoms with van der Waals surface area (Å²) in [4.78, 5) is 15.1. The number of nitrogens with two attached hydrogens (primary N) is 1. The summed E-state index contributed by atoms with van der Waals surface area (Å²) in [6.07, 6.45) is 2.62. The first-order chi connectivity index (χ1) is 11.0. The van der Waals surface area contributed by atoms with Crippen molar-refractivity contribution >= 4 is 5.91 Å². The Morgan fingerprint density at radius 3 is 2.70 bits per heavy atom. The standard InChI is InChI=1S/C19H28N2O2/c1-19(2)13-21(11-10-16(19)20)18(22)15-9-6-12-23-17(15)14-7-4-3-5-8-14/h3-5,7-8,15-17H,6,9-13,20H2,1-2H3. The Balaban J connectivity index is 1.77. The Bertz CT molecular complexity index is 544. The van der Waals surface area contributed by atoms with E-state index in [4.69, 9.17) is 10.5 Å². The zero-order chi connectivity index (χ0) is 16.4. The zero-order valence-electron chi connectivity index (χ0n) is 14.2. The molecule has 4 nitrogen and oxygen atoms in total. The molecule has 2 aliphatic heterocycles. The molecular weight excluding hydrogens is 288 g/mol. The van der Waals surface area contributed by atoms with E-state index in [9.17, 15) is 4.79 Å². The van der Waals surface area contributed by atoms with Crippen LogP contribution in [0.25, 0.3) is 0 Å². The molecule has 1 amide bonds. The van der Waals surface area contributed by atoms with Gasteiger partial charge in [-0.15, -0.1) is 0 Å². The topological polar surface area (TPSA) is 55.6 Å². The minimum atomic E-state index is -0.115. The third-order valence-electron chi connectivity index (χ3n) is 5.39. The molecule has 2 N–H and O–H groups in total. The van der Waals surface area contributed by atoms with Gasteiger partial charge in [0.15, 0.2) is 0 Å². The van der Waals surface area contributed by atoms with Gasteiger partial charge in [-0.2, -0.15) is 0 Å². The van der Waals surface area contributed by atoms with Crippen LogP contribution in [-0.2, 0) is 9.53 Å². The number of amides is 1. The van der Waals surface area contributed by atoms with Crippen molar-refractivity contribution in [2.75, 3.05) is 19.7 Å². The molecule has 0 bridgehead atoms. The molecule has 126 valence electrons. The highest BCUT2D eigenvalue weighted by Gasteiger charge is 2.40. The summed E-state index contributed by atoms with van der Waals surface area (Å²) in [6, 6.07) is 10.3. The second-order valence-corrected chi connectivity index (χ2v) is 7.59. The van der Waals surface area contributed by atoms with Gasteiger partial charge in [0.25, 0.3) is 0 Å². The molecule has 0 aromatic heterocycles. The van der Waals surface area contributed by atoms with Crippen LogP contribution >= 0.6 is 0 Å². The van der Waals surface area contributed by atoms with Crippen LogP contribution in [0.5, 0.6) is 0 Å². The van der Waals surface area contributed by atoms with E-state index < -0.39 is 0 Å². The SMILES string of the molecule is CC1(C)CN(C(=O)C2CCCOC2c2ccccc2)CCC1N. The van der Waals surface area contributed by atoms with Crippen molar-refractivity contribution in [3.05, 3.63) is 35.9 Å². The van der Waals surface area contributed by atoms with Gasteiger partial charge in [-0.25, -0.2) is 0 Å². The lowest BCUT2D eigenvalue weighted by molar-refractivity contribution is -0.149. The summed E-state index contributed by atoms with van der Waals surface area (Å²) in [5.74, 6) is 0.162. The maximum atomic E-state index is 13.1. The van der Waals surface area contributed by atoms with Crippen LogP contribution in [0.4, 0.5) is 0 Å². The molecule has 1 aromatic rings. The molecule has 2 fully saturated rings. The largest absolute Gasteiger partial charge is 0.373 e. The van der Waals surface area contributed by atoms with Gasteiger partial charge in [-0.1, -0.05) is 44.2 Å². The van der Waals surface area contributed by atoms with Gasteiger partial charge in [0.2, 0.25) is 5.91 Å². The van der Waals surface area contributed by atoms with Crippen LogP contribution in [0.15, 0.2) is 30.3 Å². The van der Waals surface area contributed by atoms with Crippen LogP contribution < -0.4 is 5.73 Å². The van der Waals surface area contributed by atoms with Crippen LogP contribution in [0, 0.1) is 11.3 Å². The van der Waals surface area contributed by atoms with Gasteiger partial charge < -0.3 is 15.4 Å². The van der Waals surface area contributed by atoms with Crippen LogP contribution in [0.1, 0.15) is 44.8 Å². The van der Waals surface area contributed by atoms with Crippen molar-refractivity contribution in [3.8, 4) is 0 Å². The van der Waals surface area contributed by atoms with Crippen LogP contribution in [-0.4, -0.2) is 36.5 Å². The molecule has 4 heteroatoms. The molecule has 2 aliphatic rings. The molecule has 1 aromatic carbocycles. The third kappa shape index (κ3) is 3.43. The Kier molecular flexibility index (Phi) is 4.74. The Morgan fingerprint density at radius 1 is 1.26 bits per heavy atom. The fourth-order valence-electron chi connectivity index (χ4n) is 3.80. The molecule has 2 heterocycles. The minimum absolute atomic E-state index is 0.0221. The number of ether oxygens (including phenoxy) is 1. The fraction of sp³-hybridized carbons (Fsp3) is 0.632. The average molecular weight is 316 g/mol. The van der Waals surface area contributed by atoms with Crippen LogP contribution in [0.2, 0.25) is 0 Å². The Labute approximate surface area is 139 Å². The van der Waals surface area contributed by atoms with E-state index in [-0.39, 0.29) is 29.4 Å². The van der Waals surface area contributed by atoms with E-state index in [0.29, 0.717) is 0 Å². The van der Waals surface area contributed by atoms with E-state index in [2.05, 4.69) is 26.0 Å². The number of carbonyl (C=O) groups excluding carboxylic acids is 1. The monoisotopic (exact) mass is 316 g/mol. The van der Waals surface area contributed by atoms with E-state index in [1.807, 2.05) is 23.1 Å². The summed E-state index contributed by atoms with van der Waals surface area (Å²) in [7, 11) is 0. The van der Waals surface area contributed by atoms with Crippen molar-refractivity contribution in [1.82, 2.24) is 4.90 Å². The van der Waals surface area contributed by atoms with Crippen molar-refractivity contribution in [2.24, 2.45) is 17.1 Å². The quantitative estimate of drug-likeness (QED) is 0.913. The molecule has 3 rings (SSSR count). The van der Waals surface area contributed by atoms with Crippen molar-refractivity contribution in [3.63, 3.8) is 0 Å². The lowest BCUT2D eigenvalue weighted by Crippen LogP contribution is -2.55. The summed E-state index contributed by atoms with van der Waals surface area (Å²) in [5, 5.41) is 0. The van der Waals surface area contributed by atoms with Gasteiger partial charge >= 0.3 is 0 Å². The number of rotatable bonds is 2. The molecule has 0 aliphatic carbocycles. The first-order valence-electron chi connectivity index (χ1n) is 8.70. The first kappa shape index (κ1) is 16.5. The van der Waals surface area contributed by atoms with Crippen molar-refractivity contribution in [1.29, 1.82) is 0 Å². The Hall–Kier alpha value is -1.39. The molecule has 0 radical (unpaired) electrons. The van der Waals surface area contributed by atoms with Gasteiger partial charge in [-0.05, 0) is 30.2 Å². The number of benzene rings is 1. The number of piperidine rings is 1. The second-order valence-electron chi connectivity index (χ2n) is 7.59. The number of nitrogens with zero attached hydrogens (tertiary/aromatic N) is 1. The normalized spacial score (nSPS) is 30.9. The molecule has 23 heavy (non-hydrogen) atoms. The summed E-state index contributed by atoms with van der Waals surface area (Å²) in [5.41, 5.74) is 7.30. The summed E-state index contributed by atoms with van der Waals surface area (Å²) >= 11 is 0. The highest BCUT2D eigenvalue weighted by Crippen LogP contribution is 2.37. The lowest BCUT2D eigenvalue weighted by atomic mass is 9.78. The van der Waals surface area contributed by atoms with Crippen LogP contribution in [0.3, 0.4) is 0 Å². The van der Waals surface area contributed by atoms with Gasteiger partial charge in [-0.3, -0.25) is 4.79 Å². The first-order valence-corrected chi connectivity index (χ1v) is 8.70. The zero-order valence-corrected chi connectivity index (χ0v) is 14.2. The maximum absolute atomic E-state index is 13.1. The van der Waals surface area contributed by atoms with E-state index in [1.54, 1.807) is 0 Å². The third-order valence-corrected chi connectivity index (χ3v) is 5.39. The molecular formula is C19H28N2O2. The molecule has 3 atom stereocenters. The second kappa shape index (κ2) is 6.62. The highest BCUT2D eigenvalue weighted by atomic mass is 16.5. The van der Waals surface area contributed by atoms with Gasteiger partial charge in [0.1, 0.15) is 0 Å². The van der Waals surface area contributed by atoms with Gasteiger partial charge in [0, 0.05) is 25.7 Å². The molecule has 3 unspecified atom stereocenters. The maximum Gasteiger partial charge on any atom is 0.228 e. The number of carbonyl (C=O) groups is 1. The highest BCUT2D eigenvalue weighted by molar-refractivity contribution is 5.80. The predicted molar refractivity (Wildman–Crippen MR) is 90.8 cm³/mol. The lowest BCUT2D eigenvalue weighted by Gasteiger charge is -2.44. The number of hydrogen-bond donors (Lipinski definition) is 1. The van der Waals surface area contributed by atoms with Crippen molar-refractivity contribution in [2.45, 2.75) is 45.3 Å². The number of likely N-dealkylation sites (tertiary alicyclic amines) is 1. The molecule has 2 saturated heterocycles. The average Bonchev–Trinajstić information content (AvgIpc) is 2.57. The van der Waals surface area contributed by atoms with Crippen molar-refractivity contribution < 1.29 is 9.53 Å². The van der Waals surface area contributed by atoms with E-state index >= 15 is 0 Å². The summed E-state index contributed by atoms with van der Waals surface area (Å²) in [6.45, 7) is 6.55. The minimum Gasteiger partial charge on any atom is -0.373 e. The molecule has 0 spiro atoms. The van der Waals surface area contributed by atoms with E-state index in [0.717, 1.165) is 44.5 Å². The summed E-state index contributed by atoms with van der Waals surface area (Å²) < 4.78 is 5.99. The fourth-order valence-corrected chi connectivity index (χ4v) is 3.80. The van der Waals surface area contributed by atoms with Gasteiger partial charge in [0.05, 0.1) is 12.0 Å².